The molecule has 20 heavy (non-hydrogen) atoms. The summed E-state index contributed by atoms with van der Waals surface area (Å²) in [7, 11) is 0. The minimum absolute atomic E-state index is 0.0210. The molecular formula is C11H17N5O4. The van der Waals surface area contributed by atoms with Crippen molar-refractivity contribution in [3.63, 3.8) is 0 Å². The highest BCUT2D eigenvalue weighted by Gasteiger charge is 2.36. The standard InChI is InChI=1S/C11H17N5O4/c1-6-10(19)15-11(12)14-5-16(4-13-6)9-2-7(18)8(3-17)20-9/h4,7-9,17-18H,1-3,5H2,(H3,12,14,15,19)/b13-4-/t7-,8-,9-/m1/s1. The number of aliphatic hydroxyl groups excluding tert-OH is 2. The van der Waals surface area contributed by atoms with Crippen LogP contribution in [0.4, 0.5) is 0 Å². The number of hydrogen-bond acceptors (Lipinski definition) is 8. The van der Waals surface area contributed by atoms with Gasteiger partial charge >= 0.3 is 0 Å². The molecule has 9 heteroatoms. The van der Waals surface area contributed by atoms with Crippen LogP contribution >= 0.6 is 0 Å². The van der Waals surface area contributed by atoms with Crippen LogP contribution in [-0.2, 0) is 9.53 Å². The summed E-state index contributed by atoms with van der Waals surface area (Å²) in [5.74, 6) is -0.589. The van der Waals surface area contributed by atoms with E-state index in [0.29, 0.717) is 6.42 Å². The number of nitrogens with two attached hydrogens (primary N) is 1. The summed E-state index contributed by atoms with van der Waals surface area (Å²) < 4.78 is 5.49. The van der Waals surface area contributed by atoms with E-state index in [-0.39, 0.29) is 24.9 Å². The van der Waals surface area contributed by atoms with Crippen molar-refractivity contribution in [3.8, 4) is 0 Å². The number of guanidine groups is 1. The van der Waals surface area contributed by atoms with Crippen molar-refractivity contribution in [2.24, 2.45) is 15.7 Å². The van der Waals surface area contributed by atoms with Crippen LogP contribution in [0.3, 0.4) is 0 Å². The van der Waals surface area contributed by atoms with Crippen molar-refractivity contribution >= 4 is 18.2 Å². The highest BCUT2D eigenvalue weighted by atomic mass is 16.5. The third-order valence-corrected chi connectivity index (χ3v) is 3.02. The molecule has 2 rings (SSSR count). The number of amides is 1. The first-order valence-corrected chi connectivity index (χ1v) is 6.05. The molecule has 110 valence electrons. The van der Waals surface area contributed by atoms with E-state index in [2.05, 4.69) is 21.9 Å². The molecule has 0 aliphatic carbocycles. The molecule has 0 spiro atoms. The number of nitrogens with zero attached hydrogens (tertiary/aromatic N) is 3. The molecule has 0 radical (unpaired) electrons. The molecule has 0 aromatic heterocycles. The maximum absolute atomic E-state index is 11.5. The lowest BCUT2D eigenvalue weighted by atomic mass is 10.2. The van der Waals surface area contributed by atoms with Gasteiger partial charge in [-0.1, -0.05) is 6.58 Å². The number of aliphatic imine (C=N–C) groups is 2. The molecule has 0 aromatic rings. The van der Waals surface area contributed by atoms with Gasteiger partial charge in [-0.25, -0.2) is 9.98 Å². The Hall–Kier alpha value is -1.97. The smallest absolute Gasteiger partial charge is 0.275 e. The zero-order chi connectivity index (χ0) is 14.7. The second-order valence-corrected chi connectivity index (χ2v) is 4.46. The lowest BCUT2D eigenvalue weighted by molar-refractivity contribution is -0.116. The monoisotopic (exact) mass is 283 g/mol. The van der Waals surface area contributed by atoms with E-state index in [0.717, 1.165) is 0 Å². The van der Waals surface area contributed by atoms with Gasteiger partial charge in [-0.3, -0.25) is 10.1 Å². The molecule has 1 amide bonds. The van der Waals surface area contributed by atoms with Gasteiger partial charge in [-0.15, -0.1) is 0 Å². The molecule has 0 bridgehead atoms. The quantitative estimate of drug-likeness (QED) is 0.421. The molecule has 0 saturated carbocycles. The zero-order valence-electron chi connectivity index (χ0n) is 10.8. The average molecular weight is 283 g/mol. The predicted molar refractivity (Wildman–Crippen MR) is 70.5 cm³/mol. The third-order valence-electron chi connectivity index (χ3n) is 3.02. The number of aliphatic hydroxyl groups is 2. The maximum atomic E-state index is 11.5. The summed E-state index contributed by atoms with van der Waals surface area (Å²) in [5, 5.41) is 21.1. The molecule has 3 atom stereocenters. The molecular weight excluding hydrogens is 266 g/mol. The molecule has 2 aliphatic rings. The fourth-order valence-corrected chi connectivity index (χ4v) is 1.87. The van der Waals surface area contributed by atoms with Gasteiger partial charge in [-0.2, -0.15) is 0 Å². The van der Waals surface area contributed by atoms with Crippen molar-refractivity contribution < 1.29 is 19.7 Å². The average Bonchev–Trinajstić information content (AvgIpc) is 2.80. The van der Waals surface area contributed by atoms with Gasteiger partial charge in [0.25, 0.3) is 5.91 Å². The van der Waals surface area contributed by atoms with E-state index in [4.69, 9.17) is 15.6 Å². The third kappa shape index (κ3) is 3.13. The Morgan fingerprint density at radius 1 is 1.65 bits per heavy atom. The van der Waals surface area contributed by atoms with Crippen LogP contribution in [0.2, 0.25) is 0 Å². The first-order valence-electron chi connectivity index (χ1n) is 6.05. The van der Waals surface area contributed by atoms with E-state index in [1.807, 2.05) is 0 Å². The molecule has 5 N–H and O–H groups in total. The molecule has 0 aromatic carbocycles. The largest absolute Gasteiger partial charge is 0.394 e. The number of nitrogens with one attached hydrogen (secondary N) is 1. The van der Waals surface area contributed by atoms with Crippen molar-refractivity contribution in [2.45, 2.75) is 24.9 Å². The van der Waals surface area contributed by atoms with Crippen LogP contribution in [-0.4, -0.2) is 65.0 Å². The fraction of sp³-hybridized carbons (Fsp3) is 0.545. The topological polar surface area (TPSA) is 133 Å². The summed E-state index contributed by atoms with van der Waals surface area (Å²) in [6.45, 7) is 3.32. The van der Waals surface area contributed by atoms with Crippen LogP contribution in [0.1, 0.15) is 6.42 Å². The molecule has 2 heterocycles. The number of hydrogen-bond donors (Lipinski definition) is 4. The van der Waals surface area contributed by atoms with E-state index >= 15 is 0 Å². The summed E-state index contributed by atoms with van der Waals surface area (Å²) in [4.78, 5) is 20.9. The van der Waals surface area contributed by atoms with E-state index in [1.54, 1.807) is 4.90 Å². The molecule has 1 fully saturated rings. The Balaban J connectivity index is 2.14. The Morgan fingerprint density at radius 3 is 3.05 bits per heavy atom. The van der Waals surface area contributed by atoms with Crippen LogP contribution in [0.5, 0.6) is 0 Å². The summed E-state index contributed by atoms with van der Waals surface area (Å²) in [6, 6.07) is 0. The number of ether oxygens (including phenoxy) is 1. The number of carbonyl (C=O) groups excluding carboxylic acids is 1. The second kappa shape index (κ2) is 5.99. The van der Waals surface area contributed by atoms with Gasteiger partial charge in [0.15, 0.2) is 5.96 Å². The number of rotatable bonds is 2. The van der Waals surface area contributed by atoms with Gasteiger partial charge in [0, 0.05) is 6.42 Å². The van der Waals surface area contributed by atoms with Crippen LogP contribution < -0.4 is 11.1 Å². The Morgan fingerprint density at radius 2 is 2.40 bits per heavy atom. The first kappa shape index (κ1) is 14.4. The zero-order valence-corrected chi connectivity index (χ0v) is 10.8. The summed E-state index contributed by atoms with van der Waals surface area (Å²) in [6.07, 6.45) is -0.272. The second-order valence-electron chi connectivity index (χ2n) is 4.46. The van der Waals surface area contributed by atoms with Gasteiger partial charge < -0.3 is 25.6 Å². The Kier molecular flexibility index (Phi) is 4.32. The Labute approximate surface area is 115 Å². The normalized spacial score (nSPS) is 35.6. The lowest BCUT2D eigenvalue weighted by Crippen LogP contribution is -2.38. The molecule has 9 nitrogen and oxygen atoms in total. The Bertz CT molecular complexity index is 464. The van der Waals surface area contributed by atoms with Crippen molar-refractivity contribution in [1.29, 1.82) is 0 Å². The lowest BCUT2D eigenvalue weighted by Gasteiger charge is -2.24. The summed E-state index contributed by atoms with van der Waals surface area (Å²) >= 11 is 0. The SMILES string of the molecule is C=C1/N=C\N([C@H]2C[C@@H](O)[C@@H](CO)O2)C/N=C(/N)NC1=O. The van der Waals surface area contributed by atoms with Gasteiger partial charge in [0.05, 0.1) is 19.0 Å². The molecule has 2 aliphatic heterocycles. The van der Waals surface area contributed by atoms with Gasteiger partial charge in [-0.05, 0) is 0 Å². The highest BCUT2D eigenvalue weighted by molar-refractivity contribution is 6.05. The number of carbonyl (C=O) groups is 1. The molecule has 1 saturated heterocycles. The van der Waals surface area contributed by atoms with E-state index < -0.39 is 24.3 Å². The summed E-state index contributed by atoms with van der Waals surface area (Å²) in [5.41, 5.74) is 5.51. The highest BCUT2D eigenvalue weighted by Crippen LogP contribution is 2.22. The van der Waals surface area contributed by atoms with Crippen molar-refractivity contribution in [1.82, 2.24) is 10.2 Å². The molecule has 0 unspecified atom stereocenters. The minimum atomic E-state index is -0.768. The first-order chi connectivity index (χ1) is 9.51. The van der Waals surface area contributed by atoms with Crippen molar-refractivity contribution in [2.75, 3.05) is 13.3 Å². The maximum Gasteiger partial charge on any atom is 0.275 e. The van der Waals surface area contributed by atoms with Crippen LogP contribution in [0.25, 0.3) is 0 Å². The van der Waals surface area contributed by atoms with Gasteiger partial charge in [0.1, 0.15) is 24.7 Å². The van der Waals surface area contributed by atoms with Crippen LogP contribution in [0.15, 0.2) is 22.3 Å². The predicted octanol–water partition coefficient (Wildman–Crippen LogP) is -2.30. The minimum Gasteiger partial charge on any atom is -0.394 e. The van der Waals surface area contributed by atoms with E-state index in [1.165, 1.54) is 6.34 Å². The van der Waals surface area contributed by atoms with Gasteiger partial charge in [0.2, 0.25) is 0 Å². The fourth-order valence-electron chi connectivity index (χ4n) is 1.87. The van der Waals surface area contributed by atoms with E-state index in [9.17, 15) is 9.90 Å². The van der Waals surface area contributed by atoms with Crippen LogP contribution in [0, 0.1) is 0 Å². The van der Waals surface area contributed by atoms with Crippen molar-refractivity contribution in [3.05, 3.63) is 12.3 Å².